The van der Waals surface area contributed by atoms with Crippen LogP contribution in [0, 0.1) is 12.7 Å². The van der Waals surface area contributed by atoms with E-state index in [2.05, 4.69) is 10.1 Å². The molecular weight excluding hydrogens is 229 g/mol. The van der Waals surface area contributed by atoms with Crippen LogP contribution >= 0.6 is 0 Å². The molecule has 0 spiro atoms. The second-order valence-corrected chi connectivity index (χ2v) is 4.36. The Morgan fingerprint density at radius 3 is 2.78 bits per heavy atom. The number of nitrogens with zero attached hydrogens (tertiary/aromatic N) is 3. The van der Waals surface area contributed by atoms with Gasteiger partial charge in [-0.2, -0.15) is 5.10 Å². The Morgan fingerprint density at radius 2 is 2.00 bits per heavy atom. The molecule has 1 aromatic carbocycles. The summed E-state index contributed by atoms with van der Waals surface area (Å²) in [5.74, 6) is -0.277. The van der Waals surface area contributed by atoms with E-state index in [1.54, 1.807) is 13.0 Å². The van der Waals surface area contributed by atoms with Crippen LogP contribution in [0.1, 0.15) is 5.56 Å². The van der Waals surface area contributed by atoms with Crippen LogP contribution in [0.4, 0.5) is 4.39 Å². The standard InChI is InChI=1S/C14H12FN3/c1-9-5-13(16-8-12(9)15)10-3-4-14-11(6-10)7-17-18(14)2/h3-8H,1-2H3. The van der Waals surface area contributed by atoms with Gasteiger partial charge in [0.15, 0.2) is 0 Å². The second-order valence-electron chi connectivity index (χ2n) is 4.36. The first kappa shape index (κ1) is 10.9. The number of rotatable bonds is 1. The van der Waals surface area contributed by atoms with Crippen LogP contribution in [-0.2, 0) is 7.05 Å². The molecule has 18 heavy (non-hydrogen) atoms. The monoisotopic (exact) mass is 241 g/mol. The fourth-order valence-corrected chi connectivity index (χ4v) is 2.02. The van der Waals surface area contributed by atoms with Gasteiger partial charge >= 0.3 is 0 Å². The fourth-order valence-electron chi connectivity index (χ4n) is 2.02. The lowest BCUT2D eigenvalue weighted by atomic mass is 10.1. The third kappa shape index (κ3) is 1.66. The zero-order chi connectivity index (χ0) is 12.7. The Bertz CT molecular complexity index is 731. The fraction of sp³-hybridized carbons (Fsp3) is 0.143. The van der Waals surface area contributed by atoms with Gasteiger partial charge in [-0.25, -0.2) is 4.39 Å². The van der Waals surface area contributed by atoms with Gasteiger partial charge in [-0.3, -0.25) is 9.67 Å². The summed E-state index contributed by atoms with van der Waals surface area (Å²) in [5, 5.41) is 5.25. The number of fused-ring (bicyclic) bond motifs is 1. The lowest BCUT2D eigenvalue weighted by Crippen LogP contribution is -1.90. The largest absolute Gasteiger partial charge is 0.268 e. The minimum atomic E-state index is -0.277. The van der Waals surface area contributed by atoms with E-state index in [-0.39, 0.29) is 5.82 Å². The minimum Gasteiger partial charge on any atom is -0.268 e. The number of pyridine rings is 1. The van der Waals surface area contributed by atoms with Crippen LogP contribution in [-0.4, -0.2) is 14.8 Å². The molecular formula is C14H12FN3. The van der Waals surface area contributed by atoms with Crippen LogP contribution in [0.15, 0.2) is 36.7 Å². The van der Waals surface area contributed by atoms with E-state index < -0.39 is 0 Å². The SMILES string of the molecule is Cc1cc(-c2ccc3c(cnn3C)c2)ncc1F. The molecule has 3 rings (SSSR count). The molecule has 0 saturated heterocycles. The molecule has 3 aromatic rings. The Hall–Kier alpha value is -2.23. The maximum Gasteiger partial charge on any atom is 0.144 e. The van der Waals surface area contributed by atoms with Crippen molar-refractivity contribution in [3.63, 3.8) is 0 Å². The molecule has 2 heterocycles. The Kier molecular flexibility index (Phi) is 2.37. The van der Waals surface area contributed by atoms with Gasteiger partial charge in [0, 0.05) is 18.0 Å². The topological polar surface area (TPSA) is 30.7 Å². The predicted octanol–water partition coefficient (Wildman–Crippen LogP) is 3.08. The molecule has 2 aromatic heterocycles. The Balaban J connectivity index is 2.16. The average molecular weight is 241 g/mol. The number of aromatic nitrogens is 3. The molecule has 0 aliphatic rings. The summed E-state index contributed by atoms with van der Waals surface area (Å²) in [6.45, 7) is 1.74. The van der Waals surface area contributed by atoms with E-state index in [9.17, 15) is 4.39 Å². The molecule has 0 unspecified atom stereocenters. The maximum absolute atomic E-state index is 13.2. The zero-order valence-electron chi connectivity index (χ0n) is 10.2. The smallest absolute Gasteiger partial charge is 0.144 e. The van der Waals surface area contributed by atoms with Crippen LogP contribution in [0.25, 0.3) is 22.2 Å². The van der Waals surface area contributed by atoms with Crippen LogP contribution < -0.4 is 0 Å². The molecule has 0 N–H and O–H groups in total. The Labute approximate surface area is 104 Å². The summed E-state index contributed by atoms with van der Waals surface area (Å²) >= 11 is 0. The van der Waals surface area contributed by atoms with E-state index in [0.717, 1.165) is 22.2 Å². The number of hydrogen-bond donors (Lipinski definition) is 0. The normalized spacial score (nSPS) is 11.1. The number of halogens is 1. The van der Waals surface area contributed by atoms with Gasteiger partial charge in [0.05, 0.1) is 23.6 Å². The number of hydrogen-bond acceptors (Lipinski definition) is 2. The van der Waals surface area contributed by atoms with E-state index in [0.29, 0.717) is 5.56 Å². The van der Waals surface area contributed by atoms with Gasteiger partial charge in [0.2, 0.25) is 0 Å². The van der Waals surface area contributed by atoms with Crippen molar-refractivity contribution < 1.29 is 4.39 Å². The highest BCUT2D eigenvalue weighted by Gasteiger charge is 2.06. The first-order valence-electron chi connectivity index (χ1n) is 5.69. The van der Waals surface area contributed by atoms with Crippen molar-refractivity contribution in [2.24, 2.45) is 7.05 Å². The first-order chi connectivity index (χ1) is 8.65. The molecule has 0 bridgehead atoms. The zero-order valence-corrected chi connectivity index (χ0v) is 10.2. The van der Waals surface area contributed by atoms with E-state index in [1.807, 2.05) is 36.1 Å². The van der Waals surface area contributed by atoms with Gasteiger partial charge < -0.3 is 0 Å². The summed E-state index contributed by atoms with van der Waals surface area (Å²) < 4.78 is 15.0. The Morgan fingerprint density at radius 1 is 1.17 bits per heavy atom. The molecule has 0 aliphatic carbocycles. The summed E-state index contributed by atoms with van der Waals surface area (Å²) in [6, 6.07) is 7.75. The number of aryl methyl sites for hydroxylation is 2. The van der Waals surface area contributed by atoms with E-state index in [4.69, 9.17) is 0 Å². The molecule has 90 valence electrons. The van der Waals surface area contributed by atoms with Gasteiger partial charge in [-0.05, 0) is 30.7 Å². The molecule has 0 atom stereocenters. The molecule has 0 radical (unpaired) electrons. The quantitative estimate of drug-likeness (QED) is 0.655. The van der Waals surface area contributed by atoms with Gasteiger partial charge in [-0.1, -0.05) is 6.07 Å². The highest BCUT2D eigenvalue weighted by molar-refractivity contribution is 5.83. The van der Waals surface area contributed by atoms with Crippen LogP contribution in [0.3, 0.4) is 0 Å². The van der Waals surface area contributed by atoms with Gasteiger partial charge in [0.25, 0.3) is 0 Å². The van der Waals surface area contributed by atoms with Gasteiger partial charge in [-0.15, -0.1) is 0 Å². The molecule has 0 saturated carbocycles. The van der Waals surface area contributed by atoms with Crippen LogP contribution in [0.2, 0.25) is 0 Å². The van der Waals surface area contributed by atoms with Crippen molar-refractivity contribution in [2.45, 2.75) is 6.92 Å². The minimum absolute atomic E-state index is 0.277. The molecule has 4 heteroatoms. The van der Waals surface area contributed by atoms with Gasteiger partial charge in [0.1, 0.15) is 5.82 Å². The summed E-state index contributed by atoms with van der Waals surface area (Å²) in [5.41, 5.74) is 3.42. The van der Waals surface area contributed by atoms with E-state index in [1.165, 1.54) is 6.20 Å². The van der Waals surface area contributed by atoms with Crippen LogP contribution in [0.5, 0.6) is 0 Å². The van der Waals surface area contributed by atoms with Crippen molar-refractivity contribution in [1.82, 2.24) is 14.8 Å². The summed E-state index contributed by atoms with van der Waals surface area (Å²) in [6.07, 6.45) is 3.08. The lowest BCUT2D eigenvalue weighted by molar-refractivity contribution is 0.612. The van der Waals surface area contributed by atoms with Crippen molar-refractivity contribution >= 4 is 10.9 Å². The number of benzene rings is 1. The third-order valence-corrected chi connectivity index (χ3v) is 3.09. The van der Waals surface area contributed by atoms with Crippen molar-refractivity contribution in [3.8, 4) is 11.3 Å². The second kappa shape index (κ2) is 3.91. The molecule has 0 aliphatic heterocycles. The molecule has 0 fully saturated rings. The highest BCUT2D eigenvalue weighted by Crippen LogP contribution is 2.23. The predicted molar refractivity (Wildman–Crippen MR) is 68.6 cm³/mol. The average Bonchev–Trinajstić information content (AvgIpc) is 2.74. The molecule has 0 amide bonds. The first-order valence-corrected chi connectivity index (χ1v) is 5.69. The van der Waals surface area contributed by atoms with Crippen molar-refractivity contribution in [1.29, 1.82) is 0 Å². The van der Waals surface area contributed by atoms with Crippen molar-refractivity contribution in [3.05, 3.63) is 48.0 Å². The summed E-state index contributed by atoms with van der Waals surface area (Å²) in [4.78, 5) is 4.12. The summed E-state index contributed by atoms with van der Waals surface area (Å²) in [7, 11) is 1.91. The lowest BCUT2D eigenvalue weighted by Gasteiger charge is -2.03. The third-order valence-electron chi connectivity index (χ3n) is 3.09. The molecule has 3 nitrogen and oxygen atoms in total. The highest BCUT2D eigenvalue weighted by atomic mass is 19.1. The van der Waals surface area contributed by atoms with E-state index >= 15 is 0 Å². The maximum atomic E-state index is 13.2. The van der Waals surface area contributed by atoms with Crippen molar-refractivity contribution in [2.75, 3.05) is 0 Å².